The highest BCUT2D eigenvalue weighted by molar-refractivity contribution is 9.10. The van der Waals surface area contributed by atoms with Gasteiger partial charge in [-0.1, -0.05) is 40.2 Å². The van der Waals surface area contributed by atoms with Gasteiger partial charge in [0, 0.05) is 17.6 Å². The van der Waals surface area contributed by atoms with Crippen LogP contribution >= 0.6 is 15.9 Å². The average molecular weight is 352 g/mol. The van der Waals surface area contributed by atoms with Crippen molar-refractivity contribution in [2.75, 3.05) is 13.6 Å². The second kappa shape index (κ2) is 7.69. The van der Waals surface area contributed by atoms with Gasteiger partial charge in [0.05, 0.1) is 6.10 Å². The molecule has 1 unspecified atom stereocenters. The Labute approximate surface area is 133 Å². The largest absolute Gasteiger partial charge is 0.388 e. The third-order valence-electron chi connectivity index (χ3n) is 3.38. The van der Waals surface area contributed by atoms with Crippen LogP contribution in [0.2, 0.25) is 0 Å². The van der Waals surface area contributed by atoms with Gasteiger partial charge in [0.25, 0.3) is 0 Å². The fourth-order valence-corrected chi connectivity index (χ4v) is 2.62. The minimum atomic E-state index is -0.474. The van der Waals surface area contributed by atoms with E-state index >= 15 is 0 Å². The summed E-state index contributed by atoms with van der Waals surface area (Å²) in [4.78, 5) is 2.12. The molecule has 0 aliphatic carbocycles. The molecule has 0 aromatic heterocycles. The van der Waals surface area contributed by atoms with Crippen molar-refractivity contribution in [2.24, 2.45) is 0 Å². The van der Waals surface area contributed by atoms with Crippen LogP contribution in [-0.4, -0.2) is 23.6 Å². The van der Waals surface area contributed by atoms with E-state index in [0.29, 0.717) is 6.42 Å². The van der Waals surface area contributed by atoms with Crippen LogP contribution < -0.4 is 0 Å². The first-order chi connectivity index (χ1) is 10.0. The summed E-state index contributed by atoms with van der Waals surface area (Å²) < 4.78 is 13.8. The van der Waals surface area contributed by atoms with E-state index in [4.69, 9.17) is 0 Å². The maximum Gasteiger partial charge on any atom is 0.123 e. The second-order valence-electron chi connectivity index (χ2n) is 5.22. The topological polar surface area (TPSA) is 23.5 Å². The van der Waals surface area contributed by atoms with Crippen LogP contribution in [-0.2, 0) is 6.54 Å². The van der Waals surface area contributed by atoms with Crippen LogP contribution in [0.3, 0.4) is 0 Å². The summed E-state index contributed by atoms with van der Waals surface area (Å²) in [7, 11) is 2.00. The van der Waals surface area contributed by atoms with Crippen LogP contribution in [0.25, 0.3) is 0 Å². The maximum atomic E-state index is 12.8. The molecule has 1 N–H and O–H groups in total. The summed E-state index contributed by atoms with van der Waals surface area (Å²) in [5.74, 6) is -0.216. The standard InChI is InChI=1S/C17H19BrFNO/c1-20(12-13-5-7-16(19)8-6-13)10-9-17(21)14-3-2-4-15(18)11-14/h2-8,11,17,21H,9-10,12H2,1H3. The van der Waals surface area contributed by atoms with Gasteiger partial charge in [-0.05, 0) is 48.9 Å². The molecule has 2 nitrogen and oxygen atoms in total. The fourth-order valence-electron chi connectivity index (χ4n) is 2.20. The number of rotatable bonds is 6. The predicted octanol–water partition coefficient (Wildman–Crippen LogP) is 4.14. The number of benzene rings is 2. The molecular weight excluding hydrogens is 333 g/mol. The molecule has 0 radical (unpaired) electrons. The van der Waals surface area contributed by atoms with Gasteiger partial charge in [0.1, 0.15) is 5.82 Å². The Kier molecular flexibility index (Phi) is 5.91. The van der Waals surface area contributed by atoms with Gasteiger partial charge >= 0.3 is 0 Å². The zero-order valence-corrected chi connectivity index (χ0v) is 13.6. The SMILES string of the molecule is CN(CCC(O)c1cccc(Br)c1)Cc1ccc(F)cc1. The molecule has 0 saturated heterocycles. The van der Waals surface area contributed by atoms with Crippen molar-refractivity contribution in [1.29, 1.82) is 0 Å². The molecule has 4 heteroatoms. The van der Waals surface area contributed by atoms with Gasteiger partial charge in [-0.15, -0.1) is 0 Å². The minimum absolute atomic E-state index is 0.216. The Morgan fingerprint density at radius 3 is 2.57 bits per heavy atom. The third-order valence-corrected chi connectivity index (χ3v) is 3.88. The van der Waals surface area contributed by atoms with Crippen LogP contribution in [0.4, 0.5) is 4.39 Å². The molecule has 0 aliphatic rings. The Morgan fingerprint density at radius 1 is 1.19 bits per heavy atom. The van der Waals surface area contributed by atoms with E-state index in [1.807, 2.05) is 31.3 Å². The highest BCUT2D eigenvalue weighted by Crippen LogP contribution is 2.21. The zero-order valence-electron chi connectivity index (χ0n) is 12.0. The number of hydrogen-bond acceptors (Lipinski definition) is 2. The average Bonchev–Trinajstić information content (AvgIpc) is 2.47. The number of halogens is 2. The first-order valence-electron chi connectivity index (χ1n) is 6.91. The van der Waals surface area contributed by atoms with Crippen LogP contribution in [0.1, 0.15) is 23.7 Å². The Balaban J connectivity index is 1.83. The summed E-state index contributed by atoms with van der Waals surface area (Å²) in [5.41, 5.74) is 1.98. The van der Waals surface area contributed by atoms with Crippen molar-refractivity contribution in [3.8, 4) is 0 Å². The highest BCUT2D eigenvalue weighted by atomic mass is 79.9. The van der Waals surface area contributed by atoms with Gasteiger partial charge in [-0.25, -0.2) is 4.39 Å². The van der Waals surface area contributed by atoms with Gasteiger partial charge in [-0.3, -0.25) is 0 Å². The fraction of sp³-hybridized carbons (Fsp3) is 0.294. The van der Waals surface area contributed by atoms with Crippen molar-refractivity contribution in [3.63, 3.8) is 0 Å². The molecule has 21 heavy (non-hydrogen) atoms. The van der Waals surface area contributed by atoms with E-state index in [9.17, 15) is 9.50 Å². The lowest BCUT2D eigenvalue weighted by atomic mass is 10.1. The number of aliphatic hydroxyl groups is 1. The lowest BCUT2D eigenvalue weighted by molar-refractivity contribution is 0.147. The van der Waals surface area contributed by atoms with Crippen LogP contribution in [0.15, 0.2) is 53.0 Å². The number of hydrogen-bond donors (Lipinski definition) is 1. The molecule has 0 fully saturated rings. The van der Waals surface area contributed by atoms with Crippen molar-refractivity contribution >= 4 is 15.9 Å². The normalized spacial score (nSPS) is 12.6. The monoisotopic (exact) mass is 351 g/mol. The first kappa shape index (κ1) is 16.1. The molecule has 1 atom stereocenters. The predicted molar refractivity (Wildman–Crippen MR) is 86.5 cm³/mol. The number of nitrogens with zero attached hydrogens (tertiary/aromatic N) is 1. The lowest BCUT2D eigenvalue weighted by Gasteiger charge is -2.19. The summed E-state index contributed by atoms with van der Waals surface area (Å²) in [6, 6.07) is 14.2. The number of aliphatic hydroxyl groups excluding tert-OH is 1. The molecule has 2 aromatic carbocycles. The van der Waals surface area contributed by atoms with Gasteiger partial charge in [0.15, 0.2) is 0 Å². The maximum absolute atomic E-state index is 12.8. The summed E-state index contributed by atoms with van der Waals surface area (Å²) in [5, 5.41) is 10.2. The Morgan fingerprint density at radius 2 is 1.90 bits per heavy atom. The molecule has 0 bridgehead atoms. The quantitative estimate of drug-likeness (QED) is 0.845. The summed E-state index contributed by atoms with van der Waals surface area (Å²) in [6.07, 6.45) is 0.187. The Hall–Kier alpha value is -1.23. The van der Waals surface area contributed by atoms with Crippen molar-refractivity contribution in [3.05, 3.63) is 69.9 Å². The molecule has 0 amide bonds. The molecule has 2 rings (SSSR count). The van der Waals surface area contributed by atoms with E-state index < -0.39 is 6.10 Å². The lowest BCUT2D eigenvalue weighted by Crippen LogP contribution is -2.21. The van der Waals surface area contributed by atoms with E-state index in [1.54, 1.807) is 12.1 Å². The summed E-state index contributed by atoms with van der Waals surface area (Å²) in [6.45, 7) is 1.51. The van der Waals surface area contributed by atoms with E-state index in [0.717, 1.165) is 28.7 Å². The van der Waals surface area contributed by atoms with Gasteiger partial charge < -0.3 is 10.0 Å². The Bertz CT molecular complexity index is 573. The minimum Gasteiger partial charge on any atom is -0.388 e. The molecular formula is C17H19BrFNO. The zero-order chi connectivity index (χ0) is 15.2. The smallest absolute Gasteiger partial charge is 0.123 e. The first-order valence-corrected chi connectivity index (χ1v) is 7.70. The van der Waals surface area contributed by atoms with Gasteiger partial charge in [-0.2, -0.15) is 0 Å². The molecule has 0 heterocycles. The van der Waals surface area contributed by atoms with E-state index in [1.165, 1.54) is 12.1 Å². The molecule has 0 aliphatic heterocycles. The molecule has 0 saturated carbocycles. The van der Waals surface area contributed by atoms with Crippen molar-refractivity contribution in [1.82, 2.24) is 4.90 Å². The van der Waals surface area contributed by atoms with E-state index in [2.05, 4.69) is 20.8 Å². The molecule has 0 spiro atoms. The third kappa shape index (κ3) is 5.23. The second-order valence-corrected chi connectivity index (χ2v) is 6.14. The van der Waals surface area contributed by atoms with Crippen molar-refractivity contribution in [2.45, 2.75) is 19.1 Å². The molecule has 112 valence electrons. The van der Waals surface area contributed by atoms with Gasteiger partial charge in [0.2, 0.25) is 0 Å². The van der Waals surface area contributed by atoms with E-state index in [-0.39, 0.29) is 5.82 Å². The summed E-state index contributed by atoms with van der Waals surface area (Å²) >= 11 is 3.41. The van der Waals surface area contributed by atoms with Crippen LogP contribution in [0.5, 0.6) is 0 Å². The van der Waals surface area contributed by atoms with Crippen molar-refractivity contribution < 1.29 is 9.50 Å². The molecule has 2 aromatic rings. The van der Waals surface area contributed by atoms with Crippen LogP contribution in [0, 0.1) is 5.82 Å². The highest BCUT2D eigenvalue weighted by Gasteiger charge is 2.09.